The molecule has 24 heavy (non-hydrogen) atoms. The second-order valence-electron chi connectivity index (χ2n) is 6.96. The maximum atomic E-state index is 12.9. The third kappa shape index (κ3) is 3.99. The maximum Gasteiger partial charge on any atom is 0.243 e. The fourth-order valence-electron chi connectivity index (χ4n) is 3.52. The van der Waals surface area contributed by atoms with E-state index in [2.05, 4.69) is 4.90 Å². The van der Waals surface area contributed by atoms with E-state index in [1.54, 1.807) is 10.4 Å². The molecule has 2 aliphatic rings. The number of aryl methyl sites for hydroxylation is 2. The Hall–Kier alpha value is -0.950. The minimum absolute atomic E-state index is 0.320. The lowest BCUT2D eigenvalue weighted by Crippen LogP contribution is -2.50. The van der Waals surface area contributed by atoms with E-state index in [1.807, 2.05) is 26.0 Å². The highest BCUT2D eigenvalue weighted by atomic mass is 32.2. The molecule has 0 N–H and O–H groups in total. The van der Waals surface area contributed by atoms with Crippen LogP contribution in [0.1, 0.15) is 30.4 Å². The predicted molar refractivity (Wildman–Crippen MR) is 94.7 cm³/mol. The molecule has 1 aromatic rings. The molecular weight excluding hydrogens is 324 g/mol. The summed E-state index contributed by atoms with van der Waals surface area (Å²) in [7, 11) is -3.40. The van der Waals surface area contributed by atoms with E-state index in [4.69, 9.17) is 4.74 Å². The molecule has 2 fully saturated rings. The predicted octanol–water partition coefficient (Wildman–Crippen LogP) is 2.18. The van der Waals surface area contributed by atoms with Gasteiger partial charge in [-0.05, 0) is 50.3 Å². The van der Waals surface area contributed by atoms with Crippen LogP contribution in [0.3, 0.4) is 0 Å². The van der Waals surface area contributed by atoms with E-state index in [-0.39, 0.29) is 0 Å². The lowest BCUT2D eigenvalue weighted by atomic mass is 10.1. The molecule has 2 aliphatic heterocycles. The van der Waals surface area contributed by atoms with Crippen molar-refractivity contribution in [3.05, 3.63) is 29.3 Å². The summed E-state index contributed by atoms with van der Waals surface area (Å²) in [6.07, 6.45) is 3.85. The van der Waals surface area contributed by atoms with Gasteiger partial charge < -0.3 is 4.74 Å². The zero-order chi connectivity index (χ0) is 17.2. The summed E-state index contributed by atoms with van der Waals surface area (Å²) < 4.78 is 33.3. The number of hydrogen-bond donors (Lipinski definition) is 0. The van der Waals surface area contributed by atoms with Crippen molar-refractivity contribution in [1.82, 2.24) is 9.21 Å². The quantitative estimate of drug-likeness (QED) is 0.833. The molecule has 5 nitrogen and oxygen atoms in total. The second-order valence-corrected chi connectivity index (χ2v) is 8.87. The van der Waals surface area contributed by atoms with E-state index >= 15 is 0 Å². The van der Waals surface area contributed by atoms with Gasteiger partial charge in [-0.2, -0.15) is 4.31 Å². The highest BCUT2D eigenvalue weighted by Gasteiger charge is 2.30. The standard InChI is InChI=1S/C18H28N2O3S/c1-15-6-7-16(2)18(13-15)24(21,22)20-10-8-19(9-11-20)14-17-5-3-4-12-23-17/h6-7,13,17H,3-5,8-12,14H2,1-2H3/t17-/m1/s1. The van der Waals surface area contributed by atoms with E-state index in [1.165, 1.54) is 12.8 Å². The Morgan fingerprint density at radius 1 is 1.12 bits per heavy atom. The third-order valence-corrected chi connectivity index (χ3v) is 7.07. The zero-order valence-corrected chi connectivity index (χ0v) is 15.5. The monoisotopic (exact) mass is 352 g/mol. The van der Waals surface area contributed by atoms with Crippen molar-refractivity contribution in [2.24, 2.45) is 0 Å². The lowest BCUT2D eigenvalue weighted by molar-refractivity contribution is -0.0103. The number of piperazine rings is 1. The molecule has 0 aromatic heterocycles. The molecule has 0 aliphatic carbocycles. The Kier molecular flexibility index (Phi) is 5.59. The average Bonchev–Trinajstić information content (AvgIpc) is 2.58. The molecule has 0 bridgehead atoms. The van der Waals surface area contributed by atoms with Gasteiger partial charge in [-0.1, -0.05) is 12.1 Å². The lowest BCUT2D eigenvalue weighted by Gasteiger charge is -2.36. The summed E-state index contributed by atoms with van der Waals surface area (Å²) in [6, 6.07) is 5.63. The summed E-state index contributed by atoms with van der Waals surface area (Å²) in [6.45, 7) is 8.27. The second kappa shape index (κ2) is 7.52. The van der Waals surface area contributed by atoms with Crippen LogP contribution in [0.15, 0.2) is 23.1 Å². The molecule has 0 amide bonds. The summed E-state index contributed by atoms with van der Waals surface area (Å²) in [4.78, 5) is 2.79. The number of ether oxygens (including phenoxy) is 1. The first-order chi connectivity index (χ1) is 11.5. The Bertz CT molecular complexity index is 661. The first-order valence-electron chi connectivity index (χ1n) is 8.88. The third-order valence-electron chi connectivity index (χ3n) is 5.03. The molecule has 2 heterocycles. The normalized spacial score (nSPS) is 24.2. The molecule has 2 saturated heterocycles. The maximum absolute atomic E-state index is 12.9. The Morgan fingerprint density at radius 2 is 1.88 bits per heavy atom. The number of nitrogens with zero attached hydrogens (tertiary/aromatic N) is 2. The van der Waals surface area contributed by atoms with Crippen molar-refractivity contribution >= 4 is 10.0 Å². The van der Waals surface area contributed by atoms with Gasteiger partial charge in [-0.15, -0.1) is 0 Å². The molecule has 3 rings (SSSR count). The van der Waals surface area contributed by atoms with Crippen LogP contribution in [0, 0.1) is 13.8 Å². The Balaban J connectivity index is 1.62. The van der Waals surface area contributed by atoms with Crippen molar-refractivity contribution < 1.29 is 13.2 Å². The molecule has 1 aromatic carbocycles. The Labute approximate surface area is 145 Å². The molecule has 6 heteroatoms. The van der Waals surface area contributed by atoms with E-state index in [0.29, 0.717) is 24.1 Å². The van der Waals surface area contributed by atoms with Crippen LogP contribution in [0.25, 0.3) is 0 Å². The van der Waals surface area contributed by atoms with Gasteiger partial charge in [0.1, 0.15) is 0 Å². The van der Waals surface area contributed by atoms with Crippen LogP contribution < -0.4 is 0 Å². The minimum atomic E-state index is -3.40. The van der Waals surface area contributed by atoms with Crippen molar-refractivity contribution in [2.45, 2.75) is 44.1 Å². The number of rotatable bonds is 4. The van der Waals surface area contributed by atoms with E-state index < -0.39 is 10.0 Å². The Morgan fingerprint density at radius 3 is 2.54 bits per heavy atom. The van der Waals surface area contributed by atoms with Gasteiger partial charge in [0.15, 0.2) is 0 Å². The molecular formula is C18H28N2O3S. The van der Waals surface area contributed by atoms with Gasteiger partial charge in [0.05, 0.1) is 11.0 Å². The van der Waals surface area contributed by atoms with Crippen LogP contribution in [0.5, 0.6) is 0 Å². The molecule has 0 radical (unpaired) electrons. The first kappa shape index (κ1) is 17.9. The topological polar surface area (TPSA) is 49.9 Å². The van der Waals surface area contributed by atoms with Gasteiger partial charge in [0, 0.05) is 39.3 Å². The van der Waals surface area contributed by atoms with Gasteiger partial charge >= 0.3 is 0 Å². The molecule has 0 saturated carbocycles. The fraction of sp³-hybridized carbons (Fsp3) is 0.667. The molecule has 0 spiro atoms. The zero-order valence-electron chi connectivity index (χ0n) is 14.7. The van der Waals surface area contributed by atoms with Crippen molar-refractivity contribution in [3.8, 4) is 0 Å². The average molecular weight is 353 g/mol. The largest absolute Gasteiger partial charge is 0.377 e. The summed E-state index contributed by atoms with van der Waals surface area (Å²) >= 11 is 0. The van der Waals surface area contributed by atoms with Crippen LogP contribution in [0.4, 0.5) is 0 Å². The van der Waals surface area contributed by atoms with Gasteiger partial charge in [0.2, 0.25) is 10.0 Å². The van der Waals surface area contributed by atoms with Crippen LogP contribution in [-0.4, -0.2) is 63.1 Å². The van der Waals surface area contributed by atoms with Crippen LogP contribution in [-0.2, 0) is 14.8 Å². The number of benzene rings is 1. The highest BCUT2D eigenvalue weighted by molar-refractivity contribution is 7.89. The molecule has 134 valence electrons. The van der Waals surface area contributed by atoms with Crippen LogP contribution in [0.2, 0.25) is 0 Å². The van der Waals surface area contributed by atoms with Crippen molar-refractivity contribution in [2.75, 3.05) is 39.3 Å². The molecule has 1 atom stereocenters. The summed E-state index contributed by atoms with van der Waals surface area (Å²) in [5, 5.41) is 0. The number of sulfonamides is 1. The fourth-order valence-corrected chi connectivity index (χ4v) is 5.25. The van der Waals surface area contributed by atoms with Gasteiger partial charge in [-0.25, -0.2) is 8.42 Å². The van der Waals surface area contributed by atoms with Crippen molar-refractivity contribution in [3.63, 3.8) is 0 Å². The minimum Gasteiger partial charge on any atom is -0.377 e. The summed E-state index contributed by atoms with van der Waals surface area (Å²) in [5.41, 5.74) is 1.80. The SMILES string of the molecule is Cc1ccc(C)c(S(=O)(=O)N2CCN(C[C@H]3CCCCO3)CC2)c1. The van der Waals surface area contributed by atoms with E-state index in [9.17, 15) is 8.42 Å². The summed E-state index contributed by atoms with van der Waals surface area (Å²) in [5.74, 6) is 0. The first-order valence-corrected chi connectivity index (χ1v) is 10.3. The van der Waals surface area contributed by atoms with Crippen LogP contribution >= 0.6 is 0 Å². The van der Waals surface area contributed by atoms with E-state index in [0.717, 1.165) is 43.8 Å². The highest BCUT2D eigenvalue weighted by Crippen LogP contribution is 2.23. The van der Waals surface area contributed by atoms with Gasteiger partial charge in [0.25, 0.3) is 0 Å². The van der Waals surface area contributed by atoms with Crippen molar-refractivity contribution in [1.29, 1.82) is 0 Å². The van der Waals surface area contributed by atoms with Gasteiger partial charge in [-0.3, -0.25) is 4.90 Å². The molecule has 0 unspecified atom stereocenters. The number of hydrogen-bond acceptors (Lipinski definition) is 4. The smallest absolute Gasteiger partial charge is 0.243 e.